The van der Waals surface area contributed by atoms with E-state index in [-0.39, 0.29) is 19.0 Å². The van der Waals surface area contributed by atoms with Crippen molar-refractivity contribution >= 4 is 17.6 Å². The molecule has 0 aliphatic rings. The van der Waals surface area contributed by atoms with Crippen LogP contribution in [-0.4, -0.2) is 20.2 Å². The molecular formula is C20H23ClO4. The summed E-state index contributed by atoms with van der Waals surface area (Å²) in [5, 5.41) is 0.576. The number of carbonyl (C=O) groups is 1. The minimum atomic E-state index is -0.310. The van der Waals surface area contributed by atoms with E-state index in [2.05, 4.69) is 6.92 Å². The summed E-state index contributed by atoms with van der Waals surface area (Å²) >= 11 is 6.34. The number of hydrogen-bond acceptors (Lipinski definition) is 4. The maximum atomic E-state index is 11.7. The summed E-state index contributed by atoms with van der Waals surface area (Å²) in [4.78, 5) is 11.7. The highest BCUT2D eigenvalue weighted by Gasteiger charge is 2.15. The van der Waals surface area contributed by atoms with Crippen LogP contribution in [0.4, 0.5) is 0 Å². The highest BCUT2D eigenvalue weighted by atomic mass is 35.5. The lowest BCUT2D eigenvalue weighted by molar-refractivity contribution is -0.139. The first-order chi connectivity index (χ1) is 12.0. The molecule has 0 atom stereocenters. The van der Waals surface area contributed by atoms with Gasteiger partial charge >= 0.3 is 5.97 Å². The molecule has 4 nitrogen and oxygen atoms in total. The first kappa shape index (κ1) is 19.1. The Bertz CT molecular complexity index is 756. The normalized spacial score (nSPS) is 10.4. The molecular weight excluding hydrogens is 340 g/mol. The molecule has 134 valence electrons. The Kier molecular flexibility index (Phi) is 6.71. The zero-order chi connectivity index (χ0) is 18.4. The number of halogens is 1. The average molecular weight is 363 g/mol. The SMILES string of the molecule is CCc1cc(Cl)c(OCc2c(CC(=O)OC)cccc2OC)cc1C. The van der Waals surface area contributed by atoms with Gasteiger partial charge < -0.3 is 14.2 Å². The Morgan fingerprint density at radius 2 is 1.88 bits per heavy atom. The van der Waals surface area contributed by atoms with Crippen molar-refractivity contribution < 1.29 is 19.0 Å². The van der Waals surface area contributed by atoms with Gasteiger partial charge in [0.15, 0.2) is 0 Å². The molecule has 0 heterocycles. The largest absolute Gasteiger partial charge is 0.496 e. The van der Waals surface area contributed by atoms with Gasteiger partial charge in [-0.15, -0.1) is 0 Å². The van der Waals surface area contributed by atoms with E-state index in [0.29, 0.717) is 16.5 Å². The summed E-state index contributed by atoms with van der Waals surface area (Å²) in [5.41, 5.74) is 3.95. The van der Waals surface area contributed by atoms with E-state index in [4.69, 9.17) is 25.8 Å². The van der Waals surface area contributed by atoms with Gasteiger partial charge in [-0.1, -0.05) is 30.7 Å². The van der Waals surface area contributed by atoms with E-state index in [1.54, 1.807) is 7.11 Å². The van der Waals surface area contributed by atoms with E-state index in [9.17, 15) is 4.79 Å². The van der Waals surface area contributed by atoms with E-state index >= 15 is 0 Å². The summed E-state index contributed by atoms with van der Waals surface area (Å²) in [6, 6.07) is 9.42. The Balaban J connectivity index is 2.28. The van der Waals surface area contributed by atoms with Gasteiger partial charge in [0.1, 0.15) is 18.1 Å². The van der Waals surface area contributed by atoms with Crippen LogP contribution in [0.5, 0.6) is 11.5 Å². The Labute approximate surface area is 153 Å². The second kappa shape index (κ2) is 8.77. The summed E-state index contributed by atoms with van der Waals surface area (Å²) < 4.78 is 16.1. The fourth-order valence-corrected chi connectivity index (χ4v) is 2.94. The van der Waals surface area contributed by atoms with Crippen molar-refractivity contribution in [1.82, 2.24) is 0 Å². The zero-order valence-corrected chi connectivity index (χ0v) is 15.8. The van der Waals surface area contributed by atoms with Gasteiger partial charge in [0, 0.05) is 5.56 Å². The molecule has 0 spiro atoms. The minimum absolute atomic E-state index is 0.161. The topological polar surface area (TPSA) is 44.8 Å². The number of benzene rings is 2. The van der Waals surface area contributed by atoms with Crippen molar-refractivity contribution in [3.05, 3.63) is 57.6 Å². The third kappa shape index (κ3) is 4.67. The third-order valence-electron chi connectivity index (χ3n) is 4.16. The summed E-state index contributed by atoms with van der Waals surface area (Å²) in [5.74, 6) is 0.974. The van der Waals surface area contributed by atoms with Crippen molar-refractivity contribution in [3.8, 4) is 11.5 Å². The highest BCUT2D eigenvalue weighted by Crippen LogP contribution is 2.31. The van der Waals surface area contributed by atoms with Gasteiger partial charge in [-0.25, -0.2) is 0 Å². The highest BCUT2D eigenvalue weighted by molar-refractivity contribution is 6.32. The van der Waals surface area contributed by atoms with Crippen LogP contribution >= 0.6 is 11.6 Å². The van der Waals surface area contributed by atoms with Gasteiger partial charge in [0.25, 0.3) is 0 Å². The van der Waals surface area contributed by atoms with Crippen LogP contribution in [0.1, 0.15) is 29.2 Å². The third-order valence-corrected chi connectivity index (χ3v) is 4.45. The molecule has 0 saturated heterocycles. The van der Waals surface area contributed by atoms with Crippen LogP contribution in [0.3, 0.4) is 0 Å². The number of methoxy groups -OCH3 is 2. The van der Waals surface area contributed by atoms with Gasteiger partial charge in [-0.3, -0.25) is 4.79 Å². The monoisotopic (exact) mass is 362 g/mol. The Morgan fingerprint density at radius 1 is 1.12 bits per heavy atom. The van der Waals surface area contributed by atoms with Gasteiger partial charge in [0.05, 0.1) is 25.7 Å². The molecule has 0 radical (unpaired) electrons. The molecule has 25 heavy (non-hydrogen) atoms. The first-order valence-electron chi connectivity index (χ1n) is 8.13. The lowest BCUT2D eigenvalue weighted by Gasteiger charge is -2.16. The molecule has 2 aromatic rings. The molecule has 0 aliphatic heterocycles. The molecule has 0 amide bonds. The maximum Gasteiger partial charge on any atom is 0.309 e. The van der Waals surface area contributed by atoms with Crippen molar-refractivity contribution in [2.24, 2.45) is 0 Å². The number of ether oxygens (including phenoxy) is 3. The Morgan fingerprint density at radius 3 is 2.52 bits per heavy atom. The summed E-state index contributed by atoms with van der Waals surface area (Å²) in [6.07, 6.45) is 1.08. The standard InChI is InChI=1S/C20H23ClO4/c1-5-14-10-17(21)19(9-13(14)2)25-12-16-15(11-20(22)24-4)7-6-8-18(16)23-3/h6-10H,5,11-12H2,1-4H3. The van der Waals surface area contributed by atoms with Crippen LogP contribution in [0.25, 0.3) is 0 Å². The second-order valence-electron chi connectivity index (χ2n) is 5.70. The number of aryl methyl sites for hydroxylation is 2. The first-order valence-corrected chi connectivity index (χ1v) is 8.51. The molecule has 0 N–H and O–H groups in total. The van der Waals surface area contributed by atoms with Crippen LogP contribution < -0.4 is 9.47 Å². The van der Waals surface area contributed by atoms with Crippen molar-refractivity contribution in [2.75, 3.05) is 14.2 Å². The smallest absolute Gasteiger partial charge is 0.309 e. The van der Waals surface area contributed by atoms with Crippen LogP contribution in [-0.2, 0) is 29.0 Å². The molecule has 2 aromatic carbocycles. The average Bonchev–Trinajstić information content (AvgIpc) is 2.62. The molecule has 5 heteroatoms. The number of carbonyl (C=O) groups excluding carboxylic acids is 1. The Hall–Kier alpha value is -2.20. The van der Waals surface area contributed by atoms with Gasteiger partial charge in [-0.05, 0) is 48.2 Å². The van der Waals surface area contributed by atoms with Crippen LogP contribution in [0.2, 0.25) is 5.02 Å². The van der Waals surface area contributed by atoms with Crippen molar-refractivity contribution in [2.45, 2.75) is 33.3 Å². The number of esters is 1. The lowest BCUT2D eigenvalue weighted by atomic mass is 10.0. The molecule has 0 fully saturated rings. The summed E-state index contributed by atoms with van der Waals surface area (Å²) in [6.45, 7) is 4.38. The molecule has 0 aromatic heterocycles. The fourth-order valence-electron chi connectivity index (χ4n) is 2.70. The quantitative estimate of drug-likeness (QED) is 0.679. The van der Waals surface area contributed by atoms with E-state index in [1.165, 1.54) is 12.7 Å². The molecule has 0 unspecified atom stereocenters. The maximum absolute atomic E-state index is 11.7. The van der Waals surface area contributed by atoms with Crippen LogP contribution in [0.15, 0.2) is 30.3 Å². The number of rotatable bonds is 7. The lowest BCUT2D eigenvalue weighted by Crippen LogP contribution is -2.10. The van der Waals surface area contributed by atoms with Crippen molar-refractivity contribution in [3.63, 3.8) is 0 Å². The predicted molar refractivity (Wildman–Crippen MR) is 98.6 cm³/mol. The second-order valence-corrected chi connectivity index (χ2v) is 6.11. The molecule has 0 bridgehead atoms. The van der Waals surface area contributed by atoms with E-state index in [1.807, 2.05) is 37.3 Å². The summed E-state index contributed by atoms with van der Waals surface area (Å²) in [7, 11) is 2.96. The van der Waals surface area contributed by atoms with Crippen LogP contribution in [0, 0.1) is 6.92 Å². The van der Waals surface area contributed by atoms with Crippen molar-refractivity contribution in [1.29, 1.82) is 0 Å². The minimum Gasteiger partial charge on any atom is -0.496 e. The number of hydrogen-bond donors (Lipinski definition) is 0. The van der Waals surface area contributed by atoms with E-state index in [0.717, 1.165) is 23.1 Å². The van der Waals surface area contributed by atoms with E-state index < -0.39 is 0 Å². The van der Waals surface area contributed by atoms with Gasteiger partial charge in [-0.2, -0.15) is 0 Å². The fraction of sp³-hybridized carbons (Fsp3) is 0.350. The molecule has 2 rings (SSSR count). The van der Waals surface area contributed by atoms with Gasteiger partial charge in [0.2, 0.25) is 0 Å². The molecule has 0 saturated carbocycles. The zero-order valence-electron chi connectivity index (χ0n) is 15.0. The molecule has 0 aliphatic carbocycles. The predicted octanol–water partition coefficient (Wildman–Crippen LogP) is 4.51.